The molecule has 0 spiro atoms. The second-order valence-corrected chi connectivity index (χ2v) is 5.65. The summed E-state index contributed by atoms with van der Waals surface area (Å²) in [6, 6.07) is -0.505. The quantitative estimate of drug-likeness (QED) is 0.832. The van der Waals surface area contributed by atoms with Crippen LogP contribution < -0.4 is 5.32 Å². The van der Waals surface area contributed by atoms with Crippen molar-refractivity contribution >= 4 is 28.4 Å². The summed E-state index contributed by atoms with van der Waals surface area (Å²) in [6.07, 6.45) is 0. The Morgan fingerprint density at radius 3 is 2.29 bits per heavy atom. The Morgan fingerprint density at radius 1 is 1.29 bits per heavy atom. The Bertz CT molecular complexity index is 436. The van der Waals surface area contributed by atoms with Gasteiger partial charge < -0.3 is 0 Å². The van der Waals surface area contributed by atoms with Crippen molar-refractivity contribution < 1.29 is 9.59 Å². The summed E-state index contributed by atoms with van der Waals surface area (Å²) in [6.45, 7) is 7.36. The molecule has 1 heterocycles. The van der Waals surface area contributed by atoms with E-state index in [2.05, 4.69) is 15.5 Å². The third-order valence-electron chi connectivity index (χ3n) is 2.06. The highest BCUT2D eigenvalue weighted by Crippen LogP contribution is 2.27. The maximum atomic E-state index is 11.5. The summed E-state index contributed by atoms with van der Waals surface area (Å²) in [7, 11) is 1.41. The number of anilines is 1. The molecular formula is C10H16N4O2S. The molecule has 0 saturated heterocycles. The molecule has 6 nitrogen and oxygen atoms in total. The second kappa shape index (κ2) is 4.79. The third-order valence-corrected chi connectivity index (χ3v) is 3.32. The van der Waals surface area contributed by atoms with E-state index in [0.29, 0.717) is 5.13 Å². The topological polar surface area (TPSA) is 75.2 Å². The Morgan fingerprint density at radius 2 is 1.88 bits per heavy atom. The van der Waals surface area contributed by atoms with Gasteiger partial charge in [-0.15, -0.1) is 10.2 Å². The van der Waals surface area contributed by atoms with Gasteiger partial charge in [0.05, 0.1) is 0 Å². The molecule has 17 heavy (non-hydrogen) atoms. The van der Waals surface area contributed by atoms with Crippen LogP contribution in [0.3, 0.4) is 0 Å². The molecule has 0 atom stereocenters. The first kappa shape index (κ1) is 13.6. The fraction of sp³-hybridized carbons (Fsp3) is 0.600. The SMILES string of the molecule is CC(=O)N(C)C(=O)Nc1nnc(C(C)(C)C)s1. The average molecular weight is 256 g/mol. The number of nitrogens with zero attached hydrogens (tertiary/aromatic N) is 3. The zero-order chi connectivity index (χ0) is 13.2. The number of imide groups is 1. The first-order chi connectivity index (χ1) is 7.71. The van der Waals surface area contributed by atoms with Gasteiger partial charge in [0.2, 0.25) is 11.0 Å². The van der Waals surface area contributed by atoms with E-state index in [-0.39, 0.29) is 11.3 Å². The van der Waals surface area contributed by atoms with E-state index in [1.807, 2.05) is 20.8 Å². The normalized spacial score (nSPS) is 11.1. The predicted molar refractivity (Wildman–Crippen MR) is 66.1 cm³/mol. The molecule has 0 fully saturated rings. The summed E-state index contributed by atoms with van der Waals surface area (Å²) in [5, 5.41) is 11.6. The van der Waals surface area contributed by atoms with Gasteiger partial charge in [0.1, 0.15) is 5.01 Å². The molecule has 1 N–H and O–H groups in total. The van der Waals surface area contributed by atoms with E-state index in [1.165, 1.54) is 25.3 Å². The number of hydrogen-bond acceptors (Lipinski definition) is 5. The lowest BCUT2D eigenvalue weighted by atomic mass is 9.98. The standard InChI is InChI=1S/C10H16N4O2S/c1-6(15)14(5)9(16)11-8-13-12-7(17-8)10(2,3)4/h1-5H3,(H,11,13,16). The summed E-state index contributed by atoms with van der Waals surface area (Å²) in [5.74, 6) is -0.330. The molecule has 0 aliphatic heterocycles. The van der Waals surface area contributed by atoms with Gasteiger partial charge in [-0.1, -0.05) is 32.1 Å². The van der Waals surface area contributed by atoms with Crippen molar-refractivity contribution in [1.29, 1.82) is 0 Å². The molecule has 1 rings (SSSR count). The Kier molecular flexibility index (Phi) is 3.82. The number of hydrogen-bond donors (Lipinski definition) is 1. The molecule has 0 radical (unpaired) electrons. The number of rotatable bonds is 1. The minimum Gasteiger partial charge on any atom is -0.282 e. The number of carbonyl (C=O) groups excluding carboxylic acids is 2. The smallest absolute Gasteiger partial charge is 0.282 e. The van der Waals surface area contributed by atoms with Gasteiger partial charge in [-0.25, -0.2) is 4.79 Å². The van der Waals surface area contributed by atoms with Gasteiger partial charge >= 0.3 is 6.03 Å². The van der Waals surface area contributed by atoms with E-state index in [0.717, 1.165) is 9.91 Å². The van der Waals surface area contributed by atoms with E-state index in [1.54, 1.807) is 0 Å². The van der Waals surface area contributed by atoms with Gasteiger partial charge in [0.25, 0.3) is 0 Å². The minimum absolute atomic E-state index is 0.104. The van der Waals surface area contributed by atoms with E-state index in [4.69, 9.17) is 0 Å². The van der Waals surface area contributed by atoms with Crippen LogP contribution in [0.4, 0.5) is 9.93 Å². The highest BCUT2D eigenvalue weighted by atomic mass is 32.1. The summed E-state index contributed by atoms with van der Waals surface area (Å²) in [5.41, 5.74) is -0.104. The molecule has 1 aromatic heterocycles. The van der Waals surface area contributed by atoms with Gasteiger partial charge in [0.15, 0.2) is 0 Å². The molecule has 0 saturated carbocycles. The maximum Gasteiger partial charge on any atom is 0.330 e. The maximum absolute atomic E-state index is 11.5. The lowest BCUT2D eigenvalue weighted by Crippen LogP contribution is -2.34. The zero-order valence-corrected chi connectivity index (χ0v) is 11.4. The molecule has 0 aliphatic rings. The first-order valence-corrected chi connectivity index (χ1v) is 5.92. The lowest BCUT2D eigenvalue weighted by Gasteiger charge is -2.13. The van der Waals surface area contributed by atoms with Gasteiger partial charge in [0, 0.05) is 19.4 Å². The molecule has 0 bridgehead atoms. The van der Waals surface area contributed by atoms with Crippen molar-refractivity contribution in [1.82, 2.24) is 15.1 Å². The molecule has 0 aliphatic carbocycles. The largest absolute Gasteiger partial charge is 0.330 e. The van der Waals surface area contributed by atoms with Gasteiger partial charge in [-0.05, 0) is 0 Å². The fourth-order valence-electron chi connectivity index (χ4n) is 0.895. The van der Waals surface area contributed by atoms with Crippen molar-refractivity contribution in [2.45, 2.75) is 33.1 Å². The Balaban J connectivity index is 2.74. The number of amides is 3. The third kappa shape index (κ3) is 3.48. The van der Waals surface area contributed by atoms with E-state index < -0.39 is 6.03 Å². The summed E-state index contributed by atoms with van der Waals surface area (Å²) in [4.78, 5) is 23.5. The predicted octanol–water partition coefficient (Wildman–Crippen LogP) is 1.85. The number of aromatic nitrogens is 2. The molecular weight excluding hydrogens is 240 g/mol. The molecule has 7 heteroatoms. The van der Waals surface area contributed by atoms with Gasteiger partial charge in [-0.3, -0.25) is 15.0 Å². The average Bonchev–Trinajstić information content (AvgIpc) is 2.64. The van der Waals surface area contributed by atoms with Crippen molar-refractivity contribution in [3.8, 4) is 0 Å². The van der Waals surface area contributed by atoms with E-state index in [9.17, 15) is 9.59 Å². The fourth-order valence-corrected chi connectivity index (χ4v) is 1.69. The zero-order valence-electron chi connectivity index (χ0n) is 10.6. The molecule has 3 amide bonds. The van der Waals surface area contributed by atoms with Crippen molar-refractivity contribution in [3.05, 3.63) is 5.01 Å². The van der Waals surface area contributed by atoms with E-state index >= 15 is 0 Å². The monoisotopic (exact) mass is 256 g/mol. The van der Waals surface area contributed by atoms with Crippen LogP contribution in [0.1, 0.15) is 32.7 Å². The number of urea groups is 1. The van der Waals surface area contributed by atoms with Crippen LogP contribution in [-0.4, -0.2) is 34.1 Å². The van der Waals surface area contributed by atoms with Crippen LogP contribution in [0, 0.1) is 0 Å². The van der Waals surface area contributed by atoms with Crippen molar-refractivity contribution in [2.75, 3.05) is 12.4 Å². The Labute approximate surface area is 104 Å². The highest BCUT2D eigenvalue weighted by molar-refractivity contribution is 7.15. The summed E-state index contributed by atoms with van der Waals surface area (Å²) < 4.78 is 0. The molecule has 94 valence electrons. The van der Waals surface area contributed by atoms with Crippen LogP contribution in [0.15, 0.2) is 0 Å². The van der Waals surface area contributed by atoms with Crippen molar-refractivity contribution in [3.63, 3.8) is 0 Å². The van der Waals surface area contributed by atoms with Crippen LogP contribution in [-0.2, 0) is 10.2 Å². The van der Waals surface area contributed by atoms with Crippen molar-refractivity contribution in [2.24, 2.45) is 0 Å². The lowest BCUT2D eigenvalue weighted by molar-refractivity contribution is -0.124. The van der Waals surface area contributed by atoms with Crippen LogP contribution >= 0.6 is 11.3 Å². The second-order valence-electron chi connectivity index (χ2n) is 4.67. The van der Waals surface area contributed by atoms with Crippen LogP contribution in [0.25, 0.3) is 0 Å². The first-order valence-electron chi connectivity index (χ1n) is 5.11. The molecule has 0 unspecified atom stereocenters. The number of carbonyl (C=O) groups is 2. The minimum atomic E-state index is -0.505. The number of nitrogens with one attached hydrogen (secondary N) is 1. The van der Waals surface area contributed by atoms with Gasteiger partial charge in [-0.2, -0.15) is 0 Å². The molecule has 1 aromatic rings. The Hall–Kier alpha value is -1.50. The van der Waals surface area contributed by atoms with Crippen LogP contribution in [0.5, 0.6) is 0 Å². The summed E-state index contributed by atoms with van der Waals surface area (Å²) >= 11 is 1.31. The highest BCUT2D eigenvalue weighted by Gasteiger charge is 2.21. The van der Waals surface area contributed by atoms with Crippen LogP contribution in [0.2, 0.25) is 0 Å². The molecule has 0 aromatic carbocycles.